The highest BCUT2D eigenvalue weighted by Gasteiger charge is 2.19. The van der Waals surface area contributed by atoms with Crippen molar-refractivity contribution in [2.24, 2.45) is 11.8 Å². The Labute approximate surface area is 142 Å². The van der Waals surface area contributed by atoms with Crippen LogP contribution in [0.4, 0.5) is 0 Å². The number of rotatable bonds is 4. The average molecular weight is 323 g/mol. The maximum Gasteiger partial charge on any atom is 0.123 e. The molecular weight excluding hydrogens is 302 g/mol. The summed E-state index contributed by atoms with van der Waals surface area (Å²) in [5.41, 5.74) is 0.810. The van der Waals surface area contributed by atoms with E-state index in [9.17, 15) is 5.26 Å². The molecule has 0 aliphatic heterocycles. The van der Waals surface area contributed by atoms with Gasteiger partial charge in [0.05, 0.1) is 11.6 Å². The third kappa shape index (κ3) is 4.28. The van der Waals surface area contributed by atoms with Gasteiger partial charge in [0.25, 0.3) is 0 Å². The molecule has 0 heterocycles. The van der Waals surface area contributed by atoms with Crippen molar-refractivity contribution in [3.05, 3.63) is 83.6 Å². The molecule has 0 saturated carbocycles. The topological polar surface area (TPSA) is 94.3 Å². The van der Waals surface area contributed by atoms with Gasteiger partial charge < -0.3 is 0 Å². The first kappa shape index (κ1) is 17.9. The van der Waals surface area contributed by atoms with Gasteiger partial charge in [-0.3, -0.25) is 9.68 Å². The molecule has 0 amide bonds. The molecule has 2 rings (SSSR count). The average Bonchev–Trinajstić information content (AvgIpc) is 2.90. The summed E-state index contributed by atoms with van der Waals surface area (Å²) in [5, 5.41) is 9.52. The monoisotopic (exact) mass is 323 g/mol. The minimum atomic E-state index is -0.691. The van der Waals surface area contributed by atoms with Crippen molar-refractivity contribution in [3.8, 4) is 6.07 Å². The van der Waals surface area contributed by atoms with Crippen molar-refractivity contribution in [2.75, 3.05) is 0 Å². The van der Waals surface area contributed by atoms with Gasteiger partial charge in [-0.15, -0.1) is 0 Å². The van der Waals surface area contributed by atoms with Crippen molar-refractivity contribution in [1.29, 1.82) is 5.26 Å². The molecule has 2 aliphatic carbocycles. The minimum absolute atomic E-state index is 0.527. The molecule has 0 aromatic rings. The van der Waals surface area contributed by atoms with Gasteiger partial charge in [0, 0.05) is 0 Å². The second kappa shape index (κ2) is 7.39. The van der Waals surface area contributed by atoms with Crippen LogP contribution in [0, 0.1) is 11.3 Å². The van der Waals surface area contributed by atoms with Gasteiger partial charge in [0.1, 0.15) is 11.2 Å². The lowest BCUT2D eigenvalue weighted by molar-refractivity contribution is 0.0410. The number of hydrogen-bond donors (Lipinski definition) is 2. The molecule has 0 saturated heterocycles. The van der Waals surface area contributed by atoms with Crippen molar-refractivity contribution in [3.63, 3.8) is 0 Å². The van der Waals surface area contributed by atoms with Crippen molar-refractivity contribution < 1.29 is 9.68 Å². The second-order valence-corrected chi connectivity index (χ2v) is 5.95. The zero-order valence-corrected chi connectivity index (χ0v) is 13.8. The summed E-state index contributed by atoms with van der Waals surface area (Å²) in [4.78, 5) is 9.91. The predicted octanol–water partition coefficient (Wildman–Crippen LogP) is 2.84. The molecule has 124 valence electrons. The lowest BCUT2D eigenvalue weighted by Crippen LogP contribution is -2.26. The molecule has 0 aromatic heterocycles. The van der Waals surface area contributed by atoms with E-state index in [4.69, 9.17) is 21.5 Å². The van der Waals surface area contributed by atoms with Gasteiger partial charge in [0.2, 0.25) is 0 Å². The van der Waals surface area contributed by atoms with Crippen LogP contribution in [-0.4, -0.2) is 11.2 Å². The third-order valence-electron chi connectivity index (χ3n) is 3.87. The summed E-state index contributed by atoms with van der Waals surface area (Å²) in [6.45, 7) is 3.68. The van der Waals surface area contributed by atoms with Crippen LogP contribution in [0.25, 0.3) is 0 Å². The third-order valence-corrected chi connectivity index (χ3v) is 3.87. The molecule has 24 heavy (non-hydrogen) atoms. The fourth-order valence-electron chi connectivity index (χ4n) is 2.21. The number of nitrogens with zero attached hydrogens (tertiary/aromatic N) is 1. The van der Waals surface area contributed by atoms with Crippen molar-refractivity contribution in [2.45, 2.75) is 25.0 Å². The van der Waals surface area contributed by atoms with E-state index in [1.54, 1.807) is 6.08 Å². The fourth-order valence-corrected chi connectivity index (χ4v) is 2.21. The summed E-state index contributed by atoms with van der Waals surface area (Å²) in [5.74, 6) is 10.6. The highest BCUT2D eigenvalue weighted by Crippen LogP contribution is 2.23. The summed E-state index contributed by atoms with van der Waals surface area (Å²) in [6, 6.07) is 2.23. The summed E-state index contributed by atoms with van der Waals surface area (Å²) in [6.07, 6.45) is 20.2. The molecule has 5 nitrogen and oxygen atoms in total. The van der Waals surface area contributed by atoms with Gasteiger partial charge >= 0.3 is 0 Å². The van der Waals surface area contributed by atoms with E-state index >= 15 is 0 Å². The standard InChI is InChI=1S/C19H21N3O2/c1-18(23-21)9-3-5-15(7-11-18)13-17(14-20)16-6-4-10-19(2,24-22)12-8-16/h3-13H,21-22H2,1-2H3/b17-13+. The Morgan fingerprint density at radius 2 is 1.58 bits per heavy atom. The number of allylic oxidation sites excluding steroid dienone is 10. The Balaban J connectivity index is 2.31. The zero-order valence-electron chi connectivity index (χ0n) is 13.8. The van der Waals surface area contributed by atoms with Gasteiger partial charge in [-0.25, -0.2) is 11.8 Å². The molecule has 2 unspecified atom stereocenters. The van der Waals surface area contributed by atoms with Crippen LogP contribution in [-0.2, 0) is 9.68 Å². The molecule has 0 bridgehead atoms. The smallest absolute Gasteiger partial charge is 0.123 e. The van der Waals surface area contributed by atoms with Crippen LogP contribution in [0.15, 0.2) is 83.6 Å². The van der Waals surface area contributed by atoms with E-state index in [1.165, 1.54) is 0 Å². The number of nitrogens with two attached hydrogens (primary N) is 2. The van der Waals surface area contributed by atoms with E-state index in [-0.39, 0.29) is 0 Å². The van der Waals surface area contributed by atoms with Gasteiger partial charge in [-0.2, -0.15) is 5.26 Å². The van der Waals surface area contributed by atoms with Crippen LogP contribution in [0.3, 0.4) is 0 Å². The van der Waals surface area contributed by atoms with Gasteiger partial charge in [-0.1, -0.05) is 36.5 Å². The summed E-state index contributed by atoms with van der Waals surface area (Å²) in [7, 11) is 0. The number of hydrogen-bond acceptors (Lipinski definition) is 5. The zero-order chi connectivity index (χ0) is 17.6. The second-order valence-electron chi connectivity index (χ2n) is 5.95. The predicted molar refractivity (Wildman–Crippen MR) is 93.8 cm³/mol. The Hall–Kier alpha value is -2.49. The van der Waals surface area contributed by atoms with Crippen molar-refractivity contribution >= 4 is 0 Å². The largest absolute Gasteiger partial charge is 0.290 e. The molecule has 4 N–H and O–H groups in total. The first-order chi connectivity index (χ1) is 11.4. The summed E-state index contributed by atoms with van der Waals surface area (Å²) < 4.78 is 0. The maximum atomic E-state index is 9.52. The quantitative estimate of drug-likeness (QED) is 0.613. The van der Waals surface area contributed by atoms with Crippen LogP contribution >= 0.6 is 0 Å². The lowest BCUT2D eigenvalue weighted by atomic mass is 10.0. The Kier molecular flexibility index (Phi) is 5.50. The van der Waals surface area contributed by atoms with Crippen LogP contribution in [0.2, 0.25) is 0 Å². The molecule has 5 heteroatoms. The summed E-state index contributed by atoms with van der Waals surface area (Å²) >= 11 is 0. The molecule has 2 aliphatic rings. The first-order valence-electron chi connectivity index (χ1n) is 7.49. The normalized spacial score (nSPS) is 29.5. The Morgan fingerprint density at radius 3 is 2.17 bits per heavy atom. The van der Waals surface area contributed by atoms with Gasteiger partial charge in [-0.05, 0) is 55.4 Å². The van der Waals surface area contributed by atoms with E-state index in [0.717, 1.165) is 11.1 Å². The van der Waals surface area contributed by atoms with E-state index in [0.29, 0.717) is 5.57 Å². The van der Waals surface area contributed by atoms with Crippen LogP contribution < -0.4 is 11.8 Å². The molecule has 0 radical (unpaired) electrons. The first-order valence-corrected chi connectivity index (χ1v) is 7.49. The molecule has 0 aromatic carbocycles. The SMILES string of the molecule is CC1(ON)C=CC=C(/C=C(\C#N)C2=CC=CC(C)(ON)C=C2)C=C1. The minimum Gasteiger partial charge on any atom is -0.290 e. The highest BCUT2D eigenvalue weighted by molar-refractivity contribution is 5.56. The number of nitriles is 1. The molecular formula is C19H21N3O2. The molecule has 0 fully saturated rings. The van der Waals surface area contributed by atoms with Crippen LogP contribution in [0.1, 0.15) is 13.8 Å². The van der Waals surface area contributed by atoms with Gasteiger partial charge in [0.15, 0.2) is 0 Å². The van der Waals surface area contributed by atoms with E-state index in [1.807, 2.05) is 74.6 Å². The lowest BCUT2D eigenvalue weighted by Gasteiger charge is -2.17. The fraction of sp³-hybridized carbons (Fsp3) is 0.211. The van der Waals surface area contributed by atoms with Crippen molar-refractivity contribution in [1.82, 2.24) is 0 Å². The maximum absolute atomic E-state index is 9.52. The molecule has 2 atom stereocenters. The van der Waals surface area contributed by atoms with Crippen LogP contribution in [0.5, 0.6) is 0 Å². The highest BCUT2D eigenvalue weighted by atomic mass is 16.6. The van der Waals surface area contributed by atoms with E-state index in [2.05, 4.69) is 6.07 Å². The Bertz CT molecular complexity index is 747. The molecule has 0 spiro atoms. The van der Waals surface area contributed by atoms with E-state index < -0.39 is 11.2 Å². The Morgan fingerprint density at radius 1 is 1.00 bits per heavy atom.